The smallest absolute Gasteiger partial charge is 0.396 e. The highest BCUT2D eigenvalue weighted by Crippen LogP contribution is 2.81. The first-order valence-corrected chi connectivity index (χ1v) is 20.1. The number of nitrogens with two attached hydrogens (primary N) is 1. The molecule has 1 aliphatic heterocycles. The van der Waals surface area contributed by atoms with Gasteiger partial charge in [0.2, 0.25) is 0 Å². The van der Waals surface area contributed by atoms with Crippen LogP contribution in [0.2, 0.25) is 0 Å². The molecule has 4 N–H and O–H groups in total. The Bertz CT molecular complexity index is 1980. The minimum atomic E-state index is -6.32. The van der Waals surface area contributed by atoms with Gasteiger partial charge in [-0.3, -0.25) is 23.4 Å². The van der Waals surface area contributed by atoms with E-state index in [1.807, 2.05) is 0 Å². The molecule has 0 bridgehead atoms. The Hall–Kier alpha value is -3.33. The number of aliphatic hydroxyl groups excluding tert-OH is 1. The van der Waals surface area contributed by atoms with Gasteiger partial charge in [0.05, 0.1) is 25.6 Å². The van der Waals surface area contributed by atoms with Crippen LogP contribution in [-0.2, 0) is 31.9 Å². The molecule has 0 saturated carbocycles. The molecule has 0 amide bonds. The van der Waals surface area contributed by atoms with E-state index < -0.39 is 63.6 Å². The Morgan fingerprint density at radius 1 is 1.17 bits per heavy atom. The van der Waals surface area contributed by atoms with Gasteiger partial charge in [-0.05, 0) is 48.0 Å². The van der Waals surface area contributed by atoms with Crippen LogP contribution in [0, 0.1) is 11.8 Å². The molecule has 1 aliphatic rings. The summed E-state index contributed by atoms with van der Waals surface area (Å²) in [7, 11) is -12.3. The Labute approximate surface area is 268 Å². The maximum Gasteiger partial charge on any atom is 0.396 e. The van der Waals surface area contributed by atoms with Gasteiger partial charge in [0.1, 0.15) is 23.6 Å². The maximum atomic E-state index is 12.7. The van der Waals surface area contributed by atoms with Crippen molar-refractivity contribution in [3.8, 4) is 17.6 Å². The van der Waals surface area contributed by atoms with Crippen LogP contribution in [-0.4, -0.2) is 45.7 Å². The number of nitrogen functional groups attached to an aromatic ring is 1. The second-order valence-electron chi connectivity index (χ2n) is 9.42. The van der Waals surface area contributed by atoms with Crippen molar-refractivity contribution >= 4 is 44.4 Å². The van der Waals surface area contributed by atoms with Gasteiger partial charge in [-0.2, -0.15) is 0 Å². The van der Waals surface area contributed by atoms with Gasteiger partial charge < -0.3 is 44.6 Å². The van der Waals surface area contributed by atoms with E-state index >= 15 is 0 Å². The van der Waals surface area contributed by atoms with Crippen LogP contribution in [0.15, 0.2) is 64.3 Å². The van der Waals surface area contributed by atoms with Gasteiger partial charge in [-0.15, -0.1) is 0 Å². The summed E-state index contributed by atoms with van der Waals surface area (Å²) in [6.45, 7) is -5.62. The van der Waals surface area contributed by atoms with Crippen LogP contribution in [0.25, 0.3) is 0 Å². The second-order valence-corrected chi connectivity index (χ2v) is 19.0. The molecule has 4 rings (SSSR count). The first-order valence-electron chi connectivity index (χ1n) is 12.9. The van der Waals surface area contributed by atoms with Crippen molar-refractivity contribution in [2.24, 2.45) is 0 Å². The van der Waals surface area contributed by atoms with Crippen LogP contribution in [0.5, 0.6) is 5.75 Å². The molecule has 18 nitrogen and oxygen atoms in total. The molecule has 1 saturated heterocycles. The summed E-state index contributed by atoms with van der Waals surface area (Å²) in [6, 6.07) is 12.4. The van der Waals surface area contributed by atoms with E-state index in [0.717, 1.165) is 17.0 Å². The van der Waals surface area contributed by atoms with Crippen molar-refractivity contribution in [3.63, 3.8) is 0 Å². The van der Waals surface area contributed by atoms with Gasteiger partial charge in [-0.1, -0.05) is 30.0 Å². The fourth-order valence-corrected chi connectivity index (χ4v) is 10.6. The largest absolute Gasteiger partial charge is 0.802 e. The molecule has 47 heavy (non-hydrogen) atoms. The summed E-state index contributed by atoms with van der Waals surface area (Å²) in [6.07, 6.45) is -2.13. The summed E-state index contributed by atoms with van der Waals surface area (Å²) in [5.74, 6) is 4.77. The summed E-state index contributed by atoms with van der Waals surface area (Å²) < 4.78 is 59.8. The Morgan fingerprint density at radius 2 is 1.89 bits per heavy atom. The molecule has 0 spiro atoms. The normalized spacial score (nSPS) is 20.4. The van der Waals surface area contributed by atoms with E-state index in [-0.39, 0.29) is 40.4 Å². The average Bonchev–Trinajstić information content (AvgIpc) is 3.39. The molecular weight excluding hydrogens is 707 g/mol. The average molecular weight is 730 g/mol. The van der Waals surface area contributed by atoms with Gasteiger partial charge in [0.15, 0.2) is 0 Å². The molecule has 0 aliphatic carbocycles. The number of nitrogens with one attached hydrogen (secondary N) is 1. The number of ether oxygens (including phenoxy) is 2. The van der Waals surface area contributed by atoms with E-state index in [1.54, 1.807) is 30.3 Å². The topological polar surface area (TPSA) is 285 Å². The lowest BCUT2D eigenvalue weighted by molar-refractivity contribution is -0.639. The van der Waals surface area contributed by atoms with E-state index in [1.165, 1.54) is 18.2 Å². The van der Waals surface area contributed by atoms with E-state index in [4.69, 9.17) is 19.7 Å². The minimum absolute atomic E-state index is 0.139. The lowest BCUT2D eigenvalue weighted by Gasteiger charge is -2.38. The first-order chi connectivity index (χ1) is 22.1. The summed E-state index contributed by atoms with van der Waals surface area (Å²) >= 11 is 0.169. The number of nitrogens with zero attached hydrogens (tertiary/aromatic N) is 1. The summed E-state index contributed by atoms with van der Waals surface area (Å²) in [4.78, 5) is 61.9. The number of hydrogen-bond donors (Lipinski definition) is 3. The van der Waals surface area contributed by atoms with Gasteiger partial charge in [-0.25, -0.2) is 18.5 Å². The van der Waals surface area contributed by atoms with Crippen LogP contribution in [0.3, 0.4) is 0 Å². The molecule has 0 radical (unpaired) electrons. The molecule has 2 unspecified atom stereocenters. The Morgan fingerprint density at radius 3 is 2.55 bits per heavy atom. The number of benzene rings is 2. The third-order valence-electron chi connectivity index (χ3n) is 6.27. The van der Waals surface area contributed by atoms with E-state index in [2.05, 4.69) is 25.8 Å². The number of aliphatic hydroxyl groups is 1. The molecular formula is C25H23N3O15P3S-3. The van der Waals surface area contributed by atoms with Crippen molar-refractivity contribution in [2.75, 3.05) is 18.6 Å². The minimum Gasteiger partial charge on any atom is -0.802 e. The van der Waals surface area contributed by atoms with Crippen LogP contribution >= 0.6 is 32.7 Å². The SMILES string of the molecule is CSP(=O)(OC[C@H]1O[C@@H](n2cc(C#Cc3cccc(OC(=O)c4ccccc4N)c3)c(=O)[nH]c2=O)C[C@@H]1O)OP(=O)(O[O-])P(=O)([O-])[O-]. The zero-order chi connectivity index (χ0) is 34.6. The molecule has 5 atom stereocenters. The van der Waals surface area contributed by atoms with Crippen LogP contribution in [0.1, 0.15) is 34.1 Å². The predicted octanol–water partition coefficient (Wildman–Crippen LogP) is 0.204. The lowest BCUT2D eigenvalue weighted by Crippen LogP contribution is -2.33. The lowest BCUT2D eigenvalue weighted by atomic mass is 10.2. The molecule has 252 valence electrons. The highest BCUT2D eigenvalue weighted by molar-refractivity contribution is 8.56. The number of hydrogen-bond acceptors (Lipinski definition) is 17. The molecule has 1 fully saturated rings. The van der Waals surface area contributed by atoms with Gasteiger partial charge in [0.25, 0.3) is 5.56 Å². The maximum absolute atomic E-state index is 12.7. The number of carbonyl (C=O) groups excluding carboxylic acids is 1. The summed E-state index contributed by atoms with van der Waals surface area (Å²) in [5, 5.41) is 21.1. The van der Waals surface area contributed by atoms with Crippen molar-refractivity contribution < 1.29 is 61.6 Å². The third kappa shape index (κ3) is 8.78. The van der Waals surface area contributed by atoms with Crippen molar-refractivity contribution in [1.82, 2.24) is 9.55 Å². The third-order valence-corrected chi connectivity index (χ3v) is 14.5. The number of aromatic amines is 1. The number of H-pyrrole nitrogens is 1. The van der Waals surface area contributed by atoms with Crippen molar-refractivity contribution in [1.29, 1.82) is 0 Å². The number of aromatic nitrogens is 2. The van der Waals surface area contributed by atoms with E-state index in [0.29, 0.717) is 5.56 Å². The highest BCUT2D eigenvalue weighted by atomic mass is 32.7. The molecule has 22 heteroatoms. The summed E-state index contributed by atoms with van der Waals surface area (Å²) in [5.41, 5.74) is 4.54. The van der Waals surface area contributed by atoms with Gasteiger partial charge >= 0.3 is 25.7 Å². The first kappa shape index (κ1) is 36.5. The Balaban J connectivity index is 1.48. The fraction of sp³-hybridized carbons (Fsp3) is 0.240. The number of esters is 1. The molecule has 3 aromatic rings. The standard InChI is InChI=1S/C25H26N3O15P3S/c1-47-46(38,43-45(37,42-33)44(34,35)36)39-14-21-20(29)12-22(41-21)28-13-16(23(30)27-25(28)32)10-9-15-5-4-6-17(11-15)40-24(31)18-7-2-3-8-19(18)26/h2-8,11,13,20-22,29,33H,12,14,26H2,1H3,(H,27,30,32)(H2,34,35,36)/p-3/t20-,21+,22+,45?,46?/m0/s1. The van der Waals surface area contributed by atoms with Gasteiger partial charge in [0, 0.05) is 23.9 Å². The molecule has 1 aromatic heterocycles. The van der Waals surface area contributed by atoms with Crippen molar-refractivity contribution in [2.45, 2.75) is 24.9 Å². The van der Waals surface area contributed by atoms with Crippen LogP contribution in [0.4, 0.5) is 5.69 Å². The molecule has 2 aromatic carbocycles. The molecule has 2 heterocycles. The predicted molar refractivity (Wildman–Crippen MR) is 159 cm³/mol. The highest BCUT2D eigenvalue weighted by Gasteiger charge is 2.41. The zero-order valence-electron chi connectivity index (χ0n) is 23.8. The van der Waals surface area contributed by atoms with Crippen LogP contribution < -0.4 is 36.8 Å². The number of rotatable bonds is 11. The second kappa shape index (κ2) is 14.8. The van der Waals surface area contributed by atoms with Crippen molar-refractivity contribution in [3.05, 3.63) is 92.3 Å². The number of carbonyl (C=O) groups is 1. The monoisotopic (exact) mass is 730 g/mol. The number of para-hydroxylation sites is 1. The quantitative estimate of drug-likeness (QED) is 0.0452. The van der Waals surface area contributed by atoms with E-state index in [9.17, 15) is 48.2 Å². The Kier molecular flexibility index (Phi) is 11.5. The fourth-order valence-electron chi connectivity index (χ4n) is 3.95. The zero-order valence-corrected chi connectivity index (χ0v) is 27.3. The number of anilines is 1.